The zero-order chi connectivity index (χ0) is 24.4. The highest BCUT2D eigenvalue weighted by atomic mass is 16.5. The summed E-state index contributed by atoms with van der Waals surface area (Å²) in [6, 6.07) is 30.5. The smallest absolute Gasteiger partial charge is 0.325 e. The molecule has 2 unspecified atom stereocenters. The number of nitrogens with zero attached hydrogens (tertiary/aromatic N) is 1. The lowest BCUT2D eigenvalue weighted by Gasteiger charge is -2.24. The molecule has 0 aliphatic carbocycles. The molecule has 4 aromatic carbocycles. The molecule has 0 spiro atoms. The van der Waals surface area contributed by atoms with Crippen molar-refractivity contribution in [3.8, 4) is 16.9 Å². The molecule has 0 bridgehead atoms. The van der Waals surface area contributed by atoms with Crippen molar-refractivity contribution < 1.29 is 19.4 Å². The van der Waals surface area contributed by atoms with E-state index in [1.165, 1.54) is 0 Å². The number of carbonyl (C=O) groups is 2. The first-order chi connectivity index (χ1) is 17.0. The summed E-state index contributed by atoms with van der Waals surface area (Å²) in [5, 5.41) is 15.3. The number of aliphatic hydroxyl groups excluding tert-OH is 1. The van der Waals surface area contributed by atoms with Gasteiger partial charge >= 0.3 is 6.03 Å². The lowest BCUT2D eigenvalue weighted by atomic mass is 9.88. The fraction of sp³-hybridized carbons (Fsp3) is 0.172. The summed E-state index contributed by atoms with van der Waals surface area (Å²) in [6.07, 6.45) is -1.03. The number of aliphatic hydroxyl groups is 1. The number of fused-ring (bicyclic) bond motifs is 1. The van der Waals surface area contributed by atoms with Crippen LogP contribution in [0.4, 0.5) is 4.79 Å². The van der Waals surface area contributed by atoms with E-state index in [-0.39, 0.29) is 13.2 Å². The molecule has 1 heterocycles. The highest BCUT2D eigenvalue weighted by Crippen LogP contribution is 2.34. The van der Waals surface area contributed by atoms with Crippen molar-refractivity contribution in [1.82, 2.24) is 10.2 Å². The maximum Gasteiger partial charge on any atom is 0.325 e. The zero-order valence-corrected chi connectivity index (χ0v) is 19.3. The van der Waals surface area contributed by atoms with Crippen LogP contribution in [0, 0.1) is 0 Å². The molecular weight excluding hydrogens is 440 g/mol. The number of hydrogen-bond acceptors (Lipinski definition) is 4. The summed E-state index contributed by atoms with van der Waals surface area (Å²) >= 11 is 0. The van der Waals surface area contributed by atoms with Gasteiger partial charge in [0.2, 0.25) is 0 Å². The molecule has 0 radical (unpaired) electrons. The minimum absolute atomic E-state index is 0.0489. The number of rotatable bonds is 7. The first kappa shape index (κ1) is 22.6. The predicted molar refractivity (Wildman–Crippen MR) is 135 cm³/mol. The molecule has 1 fully saturated rings. The minimum Gasteiger partial charge on any atom is -0.491 e. The van der Waals surface area contributed by atoms with Gasteiger partial charge in [0.1, 0.15) is 24.0 Å². The van der Waals surface area contributed by atoms with Gasteiger partial charge in [-0.3, -0.25) is 9.69 Å². The van der Waals surface area contributed by atoms with E-state index >= 15 is 0 Å². The Kier molecular flexibility index (Phi) is 5.97. The van der Waals surface area contributed by atoms with Crippen molar-refractivity contribution in [2.75, 3.05) is 13.2 Å². The van der Waals surface area contributed by atoms with Crippen molar-refractivity contribution in [2.24, 2.45) is 0 Å². The molecule has 1 aliphatic rings. The van der Waals surface area contributed by atoms with E-state index in [0.29, 0.717) is 5.75 Å². The molecule has 3 amide bonds. The van der Waals surface area contributed by atoms with E-state index in [9.17, 15) is 14.7 Å². The van der Waals surface area contributed by atoms with Gasteiger partial charge in [-0.05, 0) is 46.5 Å². The zero-order valence-electron chi connectivity index (χ0n) is 19.3. The molecule has 2 atom stereocenters. The Bertz CT molecular complexity index is 1370. The second-order valence-electron chi connectivity index (χ2n) is 8.85. The van der Waals surface area contributed by atoms with Gasteiger partial charge in [0, 0.05) is 0 Å². The van der Waals surface area contributed by atoms with Gasteiger partial charge in [-0.25, -0.2) is 4.79 Å². The largest absolute Gasteiger partial charge is 0.491 e. The second kappa shape index (κ2) is 9.24. The molecule has 6 heteroatoms. The first-order valence-corrected chi connectivity index (χ1v) is 11.5. The summed E-state index contributed by atoms with van der Waals surface area (Å²) in [5.74, 6) is 0.201. The van der Waals surface area contributed by atoms with Crippen LogP contribution in [0.3, 0.4) is 0 Å². The molecule has 176 valence electrons. The summed E-state index contributed by atoms with van der Waals surface area (Å²) in [5.41, 5.74) is 1.67. The van der Waals surface area contributed by atoms with Crippen LogP contribution in [0.25, 0.3) is 21.9 Å². The van der Waals surface area contributed by atoms with Gasteiger partial charge in [-0.15, -0.1) is 0 Å². The monoisotopic (exact) mass is 466 g/mol. The molecule has 35 heavy (non-hydrogen) atoms. The van der Waals surface area contributed by atoms with Crippen LogP contribution in [-0.4, -0.2) is 41.2 Å². The maximum absolute atomic E-state index is 13.4. The van der Waals surface area contributed by atoms with Crippen molar-refractivity contribution >= 4 is 22.7 Å². The number of amides is 3. The normalized spacial score (nSPS) is 18.5. The molecule has 5 rings (SSSR count). The maximum atomic E-state index is 13.4. The minimum atomic E-state index is -1.22. The van der Waals surface area contributed by atoms with Crippen LogP contribution in [-0.2, 0) is 10.3 Å². The van der Waals surface area contributed by atoms with E-state index in [4.69, 9.17) is 4.74 Å². The van der Waals surface area contributed by atoms with Gasteiger partial charge in [-0.2, -0.15) is 0 Å². The fourth-order valence-electron chi connectivity index (χ4n) is 4.54. The third-order valence-corrected chi connectivity index (χ3v) is 6.40. The predicted octanol–water partition coefficient (Wildman–Crippen LogP) is 4.71. The van der Waals surface area contributed by atoms with Crippen LogP contribution in [0.1, 0.15) is 12.5 Å². The van der Waals surface area contributed by atoms with E-state index in [0.717, 1.165) is 32.4 Å². The highest BCUT2D eigenvalue weighted by molar-refractivity contribution is 6.09. The molecule has 0 saturated carbocycles. The number of β-amino-alcohol motifs (C(OH)–C–C–N with tert-alkyl or cyclic N) is 1. The average molecular weight is 467 g/mol. The van der Waals surface area contributed by atoms with E-state index in [1.807, 2.05) is 97.1 Å². The molecule has 6 nitrogen and oxygen atoms in total. The third-order valence-electron chi connectivity index (χ3n) is 6.40. The number of carbonyl (C=O) groups excluding carboxylic acids is 2. The second-order valence-corrected chi connectivity index (χ2v) is 8.85. The Hall–Kier alpha value is -4.16. The van der Waals surface area contributed by atoms with Gasteiger partial charge in [0.05, 0.1) is 6.54 Å². The standard InChI is InChI=1S/C29H26N2O4/c1-29(26-13-7-11-22-10-5-6-12-25(22)26)27(33)31(28(34)30-29)18-23(32)19-35-24-16-14-21(15-17-24)20-8-3-2-4-9-20/h2-17,23,32H,18-19H2,1H3,(H,30,34). The molecule has 1 aliphatic heterocycles. The summed E-state index contributed by atoms with van der Waals surface area (Å²) in [4.78, 5) is 27.2. The number of nitrogens with one attached hydrogen (secondary N) is 1. The van der Waals surface area contributed by atoms with Gasteiger partial charge in [0.25, 0.3) is 5.91 Å². The van der Waals surface area contributed by atoms with Crippen LogP contribution in [0.2, 0.25) is 0 Å². The quantitative estimate of drug-likeness (QED) is 0.387. The Labute approximate surface area is 203 Å². The van der Waals surface area contributed by atoms with Gasteiger partial charge in [0.15, 0.2) is 0 Å². The van der Waals surface area contributed by atoms with Crippen molar-refractivity contribution in [1.29, 1.82) is 0 Å². The van der Waals surface area contributed by atoms with Crippen LogP contribution >= 0.6 is 0 Å². The SMILES string of the molecule is CC1(c2cccc3ccccc23)NC(=O)N(CC(O)COc2ccc(-c3ccccc3)cc2)C1=O. The van der Waals surface area contributed by atoms with E-state index in [2.05, 4.69) is 5.32 Å². The van der Waals surface area contributed by atoms with Crippen LogP contribution < -0.4 is 10.1 Å². The Morgan fingerprint density at radius 3 is 2.29 bits per heavy atom. The molecule has 0 aromatic heterocycles. The Morgan fingerprint density at radius 2 is 1.51 bits per heavy atom. The summed E-state index contributed by atoms with van der Waals surface area (Å²) in [6.45, 7) is 1.49. The average Bonchev–Trinajstić information content (AvgIpc) is 3.11. The number of ether oxygens (including phenoxy) is 1. The summed E-state index contributed by atoms with van der Waals surface area (Å²) < 4.78 is 5.71. The highest BCUT2D eigenvalue weighted by Gasteiger charge is 2.49. The van der Waals surface area contributed by atoms with Crippen molar-refractivity contribution in [3.05, 3.63) is 103 Å². The van der Waals surface area contributed by atoms with E-state index in [1.54, 1.807) is 6.92 Å². The van der Waals surface area contributed by atoms with Gasteiger partial charge in [-0.1, -0.05) is 84.9 Å². The fourth-order valence-corrected chi connectivity index (χ4v) is 4.54. The van der Waals surface area contributed by atoms with E-state index < -0.39 is 23.6 Å². The molecule has 1 saturated heterocycles. The van der Waals surface area contributed by atoms with Crippen molar-refractivity contribution in [3.63, 3.8) is 0 Å². The molecule has 4 aromatic rings. The number of urea groups is 1. The Morgan fingerprint density at radius 1 is 0.857 bits per heavy atom. The lowest BCUT2D eigenvalue weighted by molar-refractivity contribution is -0.132. The van der Waals surface area contributed by atoms with Crippen molar-refractivity contribution in [2.45, 2.75) is 18.6 Å². The molecular formula is C29H26N2O4. The summed E-state index contributed by atoms with van der Waals surface area (Å²) in [7, 11) is 0. The third kappa shape index (κ3) is 4.36. The topological polar surface area (TPSA) is 78.9 Å². The van der Waals surface area contributed by atoms with Crippen LogP contribution in [0.15, 0.2) is 97.1 Å². The number of imide groups is 1. The lowest BCUT2D eigenvalue weighted by Crippen LogP contribution is -2.43. The molecule has 2 N–H and O–H groups in total. The Balaban J connectivity index is 1.25. The van der Waals surface area contributed by atoms with Crippen LogP contribution in [0.5, 0.6) is 5.75 Å². The number of benzene rings is 4. The van der Waals surface area contributed by atoms with Gasteiger partial charge < -0.3 is 15.2 Å². The first-order valence-electron chi connectivity index (χ1n) is 11.5. The number of hydrogen-bond donors (Lipinski definition) is 2.